The zero-order chi connectivity index (χ0) is 19.1. The first kappa shape index (κ1) is 19.1. The molecule has 0 radical (unpaired) electrons. The molecule has 1 heterocycles. The van der Waals surface area contributed by atoms with Gasteiger partial charge in [-0.1, -0.05) is 31.4 Å². The number of aromatic nitrogens is 3. The van der Waals surface area contributed by atoms with Gasteiger partial charge in [-0.05, 0) is 43.4 Å². The third-order valence-corrected chi connectivity index (χ3v) is 4.94. The Morgan fingerprint density at radius 3 is 2.63 bits per heavy atom. The van der Waals surface area contributed by atoms with Gasteiger partial charge in [-0.15, -0.1) is 0 Å². The van der Waals surface area contributed by atoms with Crippen molar-refractivity contribution in [2.75, 3.05) is 6.54 Å². The van der Waals surface area contributed by atoms with Crippen molar-refractivity contribution in [3.63, 3.8) is 0 Å². The van der Waals surface area contributed by atoms with Gasteiger partial charge in [0.2, 0.25) is 0 Å². The van der Waals surface area contributed by atoms with E-state index in [2.05, 4.69) is 15.4 Å². The van der Waals surface area contributed by atoms with Crippen LogP contribution in [0.3, 0.4) is 0 Å². The zero-order valence-electron chi connectivity index (χ0n) is 15.6. The molecule has 1 saturated carbocycles. The Morgan fingerprint density at radius 1 is 1.22 bits per heavy atom. The second kappa shape index (κ2) is 9.30. The first-order valence-electron chi connectivity index (χ1n) is 9.52. The van der Waals surface area contributed by atoms with Crippen molar-refractivity contribution in [2.45, 2.75) is 51.7 Å². The van der Waals surface area contributed by atoms with Crippen molar-refractivity contribution in [3.8, 4) is 0 Å². The van der Waals surface area contributed by atoms with Crippen LogP contribution in [0.2, 0.25) is 0 Å². The molecule has 1 N–H and O–H groups in total. The lowest BCUT2D eigenvalue weighted by atomic mass is 9.89. The number of carbonyl (C=O) groups excluding carboxylic acids is 2. The average molecular weight is 370 g/mol. The van der Waals surface area contributed by atoms with Crippen LogP contribution in [0.4, 0.5) is 0 Å². The number of nitrogens with one attached hydrogen (secondary N) is 1. The Kier molecular flexibility index (Phi) is 6.57. The summed E-state index contributed by atoms with van der Waals surface area (Å²) >= 11 is 0. The first-order valence-corrected chi connectivity index (χ1v) is 9.52. The molecule has 1 aliphatic carbocycles. The summed E-state index contributed by atoms with van der Waals surface area (Å²) in [5, 5.41) is 6.96. The molecule has 1 aromatic heterocycles. The van der Waals surface area contributed by atoms with E-state index in [1.54, 1.807) is 30.1 Å². The van der Waals surface area contributed by atoms with Gasteiger partial charge in [0, 0.05) is 6.54 Å². The summed E-state index contributed by atoms with van der Waals surface area (Å²) in [6, 6.07) is 7.07. The van der Waals surface area contributed by atoms with Crippen molar-refractivity contribution in [1.82, 2.24) is 20.1 Å². The van der Waals surface area contributed by atoms with Gasteiger partial charge in [-0.25, -0.2) is 14.5 Å². The van der Waals surface area contributed by atoms with Crippen LogP contribution in [0.15, 0.2) is 36.9 Å². The van der Waals surface area contributed by atoms with Crippen molar-refractivity contribution in [3.05, 3.63) is 48.0 Å². The van der Waals surface area contributed by atoms with E-state index in [1.807, 2.05) is 12.1 Å². The molecule has 1 aromatic carbocycles. The fourth-order valence-electron chi connectivity index (χ4n) is 3.31. The highest BCUT2D eigenvalue weighted by Crippen LogP contribution is 2.22. The molecule has 0 spiro atoms. The largest absolute Gasteiger partial charge is 0.449 e. The van der Waals surface area contributed by atoms with Crippen LogP contribution in [0.5, 0.6) is 0 Å². The molecule has 1 atom stereocenters. The van der Waals surface area contributed by atoms with E-state index in [1.165, 1.54) is 25.6 Å². The number of amides is 1. The van der Waals surface area contributed by atoms with E-state index in [0.29, 0.717) is 24.6 Å². The Labute approximate surface area is 159 Å². The van der Waals surface area contributed by atoms with Crippen molar-refractivity contribution in [1.29, 1.82) is 0 Å². The summed E-state index contributed by atoms with van der Waals surface area (Å²) in [6.45, 7) is 2.85. The molecule has 1 aliphatic rings. The van der Waals surface area contributed by atoms with E-state index in [9.17, 15) is 9.59 Å². The molecular formula is C20H26N4O3. The molecular weight excluding hydrogens is 344 g/mol. The fraction of sp³-hybridized carbons (Fsp3) is 0.500. The summed E-state index contributed by atoms with van der Waals surface area (Å²) in [6.07, 6.45) is 8.38. The molecule has 1 unspecified atom stereocenters. The summed E-state index contributed by atoms with van der Waals surface area (Å²) in [5.74, 6) is -0.192. The second-order valence-electron chi connectivity index (χ2n) is 7.09. The number of carbonyl (C=O) groups is 2. The minimum Gasteiger partial charge on any atom is -0.449 e. The summed E-state index contributed by atoms with van der Waals surface area (Å²) in [4.78, 5) is 28.3. The number of esters is 1. The molecule has 7 heteroatoms. The lowest BCUT2D eigenvalue weighted by molar-refractivity contribution is -0.129. The van der Waals surface area contributed by atoms with Gasteiger partial charge >= 0.3 is 5.97 Å². The minimum atomic E-state index is -0.809. The quantitative estimate of drug-likeness (QED) is 0.757. The van der Waals surface area contributed by atoms with Crippen LogP contribution in [-0.4, -0.2) is 39.3 Å². The van der Waals surface area contributed by atoms with Crippen LogP contribution in [-0.2, 0) is 16.1 Å². The van der Waals surface area contributed by atoms with E-state index in [-0.39, 0.29) is 5.91 Å². The number of hydrogen-bond acceptors (Lipinski definition) is 5. The van der Waals surface area contributed by atoms with Crippen molar-refractivity contribution >= 4 is 11.9 Å². The normalized spacial score (nSPS) is 15.9. The highest BCUT2D eigenvalue weighted by atomic mass is 16.5. The van der Waals surface area contributed by atoms with Gasteiger partial charge in [0.15, 0.2) is 6.10 Å². The van der Waals surface area contributed by atoms with Crippen LogP contribution >= 0.6 is 0 Å². The Bertz CT molecular complexity index is 737. The maximum atomic E-state index is 12.3. The Morgan fingerprint density at radius 2 is 1.96 bits per heavy atom. The summed E-state index contributed by atoms with van der Waals surface area (Å²) < 4.78 is 7.01. The maximum absolute atomic E-state index is 12.3. The maximum Gasteiger partial charge on any atom is 0.338 e. The van der Waals surface area contributed by atoms with Crippen molar-refractivity contribution in [2.24, 2.45) is 5.92 Å². The molecule has 144 valence electrons. The number of ether oxygens (including phenoxy) is 1. The van der Waals surface area contributed by atoms with Gasteiger partial charge in [-0.2, -0.15) is 5.10 Å². The third-order valence-electron chi connectivity index (χ3n) is 4.94. The molecule has 7 nitrogen and oxygen atoms in total. The average Bonchev–Trinajstić information content (AvgIpc) is 3.20. The van der Waals surface area contributed by atoms with E-state index in [0.717, 1.165) is 18.4 Å². The first-order chi connectivity index (χ1) is 13.1. The highest BCUT2D eigenvalue weighted by Gasteiger charge is 2.20. The molecule has 1 fully saturated rings. The SMILES string of the molecule is CC(OC(=O)c1ccc(Cn2cncn2)cc1)C(=O)NCC1CCCCC1. The minimum absolute atomic E-state index is 0.239. The number of benzene rings is 1. The molecule has 0 aliphatic heterocycles. The van der Waals surface area contributed by atoms with Gasteiger partial charge < -0.3 is 10.1 Å². The van der Waals surface area contributed by atoms with Crippen molar-refractivity contribution < 1.29 is 14.3 Å². The topological polar surface area (TPSA) is 86.1 Å². The van der Waals surface area contributed by atoms with E-state index < -0.39 is 12.1 Å². The van der Waals surface area contributed by atoms with Gasteiger partial charge in [0.25, 0.3) is 5.91 Å². The predicted molar refractivity (Wildman–Crippen MR) is 100 cm³/mol. The fourth-order valence-corrected chi connectivity index (χ4v) is 3.31. The third kappa shape index (κ3) is 5.64. The number of rotatable bonds is 7. The van der Waals surface area contributed by atoms with Gasteiger partial charge in [0.05, 0.1) is 12.1 Å². The monoisotopic (exact) mass is 370 g/mol. The Hall–Kier alpha value is -2.70. The van der Waals surface area contributed by atoms with E-state index in [4.69, 9.17) is 4.74 Å². The highest BCUT2D eigenvalue weighted by molar-refractivity contribution is 5.92. The molecule has 0 saturated heterocycles. The van der Waals surface area contributed by atoms with Crippen LogP contribution < -0.4 is 5.32 Å². The molecule has 27 heavy (non-hydrogen) atoms. The lowest BCUT2D eigenvalue weighted by Gasteiger charge is -2.22. The number of nitrogens with zero attached hydrogens (tertiary/aromatic N) is 3. The molecule has 1 amide bonds. The summed E-state index contributed by atoms with van der Waals surface area (Å²) in [7, 11) is 0. The van der Waals surface area contributed by atoms with Gasteiger partial charge in [-0.3, -0.25) is 4.79 Å². The van der Waals surface area contributed by atoms with Gasteiger partial charge in [0.1, 0.15) is 12.7 Å². The standard InChI is InChI=1S/C20H26N4O3/c1-15(19(25)22-11-16-5-3-2-4-6-16)27-20(26)18-9-7-17(8-10-18)12-24-14-21-13-23-24/h7-10,13-16H,2-6,11-12H2,1H3,(H,22,25). The zero-order valence-corrected chi connectivity index (χ0v) is 15.6. The summed E-state index contributed by atoms with van der Waals surface area (Å²) in [5.41, 5.74) is 1.42. The smallest absolute Gasteiger partial charge is 0.338 e. The number of hydrogen-bond donors (Lipinski definition) is 1. The lowest BCUT2D eigenvalue weighted by Crippen LogP contribution is -2.38. The van der Waals surface area contributed by atoms with E-state index >= 15 is 0 Å². The predicted octanol–water partition coefficient (Wildman–Crippen LogP) is 2.57. The molecule has 0 bridgehead atoms. The van der Waals surface area contributed by atoms with Crippen LogP contribution in [0.1, 0.15) is 54.9 Å². The van der Waals surface area contributed by atoms with Crippen LogP contribution in [0, 0.1) is 5.92 Å². The molecule has 3 rings (SSSR count). The molecule has 2 aromatic rings. The van der Waals surface area contributed by atoms with Crippen LogP contribution in [0.25, 0.3) is 0 Å². The second-order valence-corrected chi connectivity index (χ2v) is 7.09. The Balaban J connectivity index is 1.46.